The number of carbonyl (C=O) groups excluding carboxylic acids is 2. The average molecular weight is 248 g/mol. The van der Waals surface area contributed by atoms with E-state index in [1.165, 1.54) is 6.92 Å². The Morgan fingerprint density at radius 2 is 1.94 bits per heavy atom. The molecule has 0 aliphatic heterocycles. The van der Waals surface area contributed by atoms with Gasteiger partial charge in [-0.25, -0.2) is 4.79 Å². The number of esters is 2. The van der Waals surface area contributed by atoms with Gasteiger partial charge in [0.15, 0.2) is 0 Å². The molecule has 18 heavy (non-hydrogen) atoms. The molecule has 1 rings (SSSR count). The van der Waals surface area contributed by atoms with Gasteiger partial charge in [0.2, 0.25) is 0 Å². The lowest BCUT2D eigenvalue weighted by molar-refractivity contribution is -0.139. The third kappa shape index (κ3) is 5.30. The van der Waals surface area contributed by atoms with Crippen LogP contribution in [0.2, 0.25) is 0 Å². The lowest BCUT2D eigenvalue weighted by Gasteiger charge is -2.09. The Kier molecular flexibility index (Phi) is 5.64. The van der Waals surface area contributed by atoms with Crippen molar-refractivity contribution in [2.24, 2.45) is 0 Å². The molecule has 0 fully saturated rings. The summed E-state index contributed by atoms with van der Waals surface area (Å²) in [6.07, 6.45) is 2.95. The van der Waals surface area contributed by atoms with Crippen molar-refractivity contribution >= 4 is 11.9 Å². The van der Waals surface area contributed by atoms with Crippen LogP contribution in [0.5, 0.6) is 0 Å². The van der Waals surface area contributed by atoms with Gasteiger partial charge in [0.1, 0.15) is 12.7 Å². The molecule has 96 valence electrons. The first-order valence-corrected chi connectivity index (χ1v) is 5.65. The first-order chi connectivity index (χ1) is 8.59. The number of benzene rings is 1. The molecule has 1 aromatic rings. The summed E-state index contributed by atoms with van der Waals surface area (Å²) < 4.78 is 9.89. The molecule has 0 spiro atoms. The highest BCUT2D eigenvalue weighted by Crippen LogP contribution is 2.04. The average Bonchev–Trinajstić information content (AvgIpc) is 2.35. The quantitative estimate of drug-likeness (QED) is 0.593. The highest BCUT2D eigenvalue weighted by Gasteiger charge is 2.08. The topological polar surface area (TPSA) is 52.6 Å². The maximum absolute atomic E-state index is 11.7. The van der Waals surface area contributed by atoms with Gasteiger partial charge in [0.25, 0.3) is 0 Å². The summed E-state index contributed by atoms with van der Waals surface area (Å²) in [7, 11) is 0. The molecule has 0 radical (unpaired) electrons. The van der Waals surface area contributed by atoms with Crippen molar-refractivity contribution < 1.29 is 19.1 Å². The molecule has 1 aromatic carbocycles. The number of ether oxygens (including phenoxy) is 2. The fourth-order valence-electron chi connectivity index (χ4n) is 1.26. The van der Waals surface area contributed by atoms with Crippen molar-refractivity contribution in [3.8, 4) is 0 Å². The predicted molar refractivity (Wildman–Crippen MR) is 67.1 cm³/mol. The van der Waals surface area contributed by atoms with Crippen molar-refractivity contribution in [2.75, 3.05) is 6.61 Å². The summed E-state index contributed by atoms with van der Waals surface area (Å²) in [6, 6.07) is 8.77. The monoisotopic (exact) mass is 248 g/mol. The minimum absolute atomic E-state index is 0.183. The van der Waals surface area contributed by atoms with E-state index in [9.17, 15) is 9.59 Å². The van der Waals surface area contributed by atoms with Crippen LogP contribution < -0.4 is 0 Å². The standard InChI is InChI=1S/C14H16O4/c1-11(7-6-10-17-12(2)15)18-14(16)13-8-4-3-5-9-13/h3-9,11H,10H2,1-2H3/b7-6-. The van der Waals surface area contributed by atoms with Gasteiger partial charge in [0.05, 0.1) is 5.56 Å². The van der Waals surface area contributed by atoms with Crippen LogP contribution in [-0.4, -0.2) is 24.6 Å². The molecule has 0 saturated heterocycles. The largest absolute Gasteiger partial charge is 0.462 e. The van der Waals surface area contributed by atoms with Gasteiger partial charge in [-0.05, 0) is 31.2 Å². The second-order valence-corrected chi connectivity index (χ2v) is 3.71. The second-order valence-electron chi connectivity index (χ2n) is 3.71. The second kappa shape index (κ2) is 7.27. The molecule has 4 heteroatoms. The minimum Gasteiger partial charge on any atom is -0.462 e. The zero-order chi connectivity index (χ0) is 13.4. The Balaban J connectivity index is 2.38. The Bertz CT molecular complexity index is 423. The van der Waals surface area contributed by atoms with Gasteiger partial charge in [-0.3, -0.25) is 4.79 Å². The normalized spacial score (nSPS) is 12.1. The summed E-state index contributed by atoms with van der Waals surface area (Å²) in [4.78, 5) is 22.2. The molecule has 0 saturated carbocycles. The van der Waals surface area contributed by atoms with Crippen LogP contribution in [0.15, 0.2) is 42.5 Å². The first-order valence-electron chi connectivity index (χ1n) is 5.65. The van der Waals surface area contributed by atoms with Crippen molar-refractivity contribution in [3.63, 3.8) is 0 Å². The van der Waals surface area contributed by atoms with Crippen LogP contribution in [-0.2, 0) is 14.3 Å². The van der Waals surface area contributed by atoms with Crippen LogP contribution in [0.4, 0.5) is 0 Å². The van der Waals surface area contributed by atoms with Crippen molar-refractivity contribution in [3.05, 3.63) is 48.0 Å². The molecular formula is C14H16O4. The molecular weight excluding hydrogens is 232 g/mol. The molecule has 0 aliphatic carbocycles. The van der Waals surface area contributed by atoms with E-state index in [4.69, 9.17) is 9.47 Å². The fraction of sp³-hybridized carbons (Fsp3) is 0.286. The highest BCUT2D eigenvalue weighted by molar-refractivity contribution is 5.89. The van der Waals surface area contributed by atoms with Gasteiger partial charge in [-0.2, -0.15) is 0 Å². The maximum atomic E-state index is 11.7. The van der Waals surface area contributed by atoms with Gasteiger partial charge >= 0.3 is 11.9 Å². The smallest absolute Gasteiger partial charge is 0.338 e. The maximum Gasteiger partial charge on any atom is 0.338 e. The molecule has 0 aromatic heterocycles. The number of hydrogen-bond acceptors (Lipinski definition) is 4. The lowest BCUT2D eigenvalue weighted by atomic mass is 10.2. The lowest BCUT2D eigenvalue weighted by Crippen LogP contribution is -2.13. The Morgan fingerprint density at radius 3 is 2.56 bits per heavy atom. The van der Waals surface area contributed by atoms with Gasteiger partial charge in [0, 0.05) is 6.92 Å². The molecule has 1 atom stereocenters. The van der Waals surface area contributed by atoms with Gasteiger partial charge < -0.3 is 9.47 Å². The van der Waals surface area contributed by atoms with E-state index >= 15 is 0 Å². The Morgan fingerprint density at radius 1 is 1.28 bits per heavy atom. The van der Waals surface area contributed by atoms with Crippen molar-refractivity contribution in [2.45, 2.75) is 20.0 Å². The number of carbonyl (C=O) groups is 2. The van der Waals surface area contributed by atoms with Crippen molar-refractivity contribution in [1.82, 2.24) is 0 Å². The summed E-state index contributed by atoms with van der Waals surface area (Å²) >= 11 is 0. The van der Waals surface area contributed by atoms with Crippen LogP contribution >= 0.6 is 0 Å². The third-order valence-electron chi connectivity index (χ3n) is 2.09. The van der Waals surface area contributed by atoms with Gasteiger partial charge in [-0.1, -0.05) is 18.2 Å². The molecule has 0 bridgehead atoms. The van der Waals surface area contributed by atoms with Crippen LogP contribution in [0.25, 0.3) is 0 Å². The van der Waals surface area contributed by atoms with E-state index in [1.54, 1.807) is 43.3 Å². The van der Waals surface area contributed by atoms with Gasteiger partial charge in [-0.15, -0.1) is 0 Å². The van der Waals surface area contributed by atoms with E-state index in [2.05, 4.69) is 0 Å². The zero-order valence-electron chi connectivity index (χ0n) is 10.5. The fourth-order valence-corrected chi connectivity index (χ4v) is 1.26. The summed E-state index contributed by atoms with van der Waals surface area (Å²) in [5.41, 5.74) is 0.512. The number of rotatable bonds is 5. The highest BCUT2D eigenvalue weighted by atomic mass is 16.5. The molecule has 1 unspecified atom stereocenters. The summed E-state index contributed by atoms with van der Waals surface area (Å²) in [6.45, 7) is 3.26. The zero-order valence-corrected chi connectivity index (χ0v) is 10.5. The van der Waals surface area contributed by atoms with E-state index in [1.807, 2.05) is 6.07 Å². The number of hydrogen-bond donors (Lipinski definition) is 0. The Hall–Kier alpha value is -2.10. The van der Waals surface area contributed by atoms with E-state index < -0.39 is 0 Å². The third-order valence-corrected chi connectivity index (χ3v) is 2.09. The van der Waals surface area contributed by atoms with E-state index in [0.717, 1.165) is 0 Å². The Labute approximate surface area is 106 Å². The predicted octanol–water partition coefficient (Wildman–Crippen LogP) is 2.35. The van der Waals surface area contributed by atoms with E-state index in [0.29, 0.717) is 5.56 Å². The van der Waals surface area contributed by atoms with Crippen LogP contribution in [0, 0.1) is 0 Å². The summed E-state index contributed by atoms with van der Waals surface area (Å²) in [5, 5.41) is 0. The van der Waals surface area contributed by atoms with Crippen LogP contribution in [0.3, 0.4) is 0 Å². The molecule has 4 nitrogen and oxygen atoms in total. The summed E-state index contributed by atoms with van der Waals surface area (Å²) in [5.74, 6) is -0.714. The molecule has 0 aliphatic rings. The molecule has 0 amide bonds. The SMILES string of the molecule is CC(=O)OC/C=C\C(C)OC(=O)c1ccccc1. The first kappa shape index (κ1) is 14.0. The van der Waals surface area contributed by atoms with Crippen LogP contribution in [0.1, 0.15) is 24.2 Å². The van der Waals surface area contributed by atoms with Crippen molar-refractivity contribution in [1.29, 1.82) is 0 Å². The minimum atomic E-state index is -0.375. The molecule has 0 heterocycles. The molecule has 0 N–H and O–H groups in total. The van der Waals surface area contributed by atoms with E-state index in [-0.39, 0.29) is 24.6 Å².